The predicted molar refractivity (Wildman–Crippen MR) is 47.1 cm³/mol. The molecule has 0 unspecified atom stereocenters. The molecule has 1 heterocycles. The van der Waals surface area contributed by atoms with Crippen LogP contribution in [-0.4, -0.2) is 22.7 Å². The molecule has 0 fully saturated rings. The van der Waals surface area contributed by atoms with Crippen LogP contribution in [0.1, 0.15) is 11.3 Å². The van der Waals surface area contributed by atoms with Crippen molar-refractivity contribution in [3.63, 3.8) is 0 Å². The lowest BCUT2D eigenvalue weighted by atomic mass is 10.2. The Hall–Kier alpha value is -1.79. The van der Waals surface area contributed by atoms with Gasteiger partial charge >= 0.3 is 12.1 Å². The molecule has 4 nitrogen and oxygen atoms in total. The van der Waals surface area contributed by atoms with Crippen molar-refractivity contribution in [3.8, 4) is 5.75 Å². The number of alkyl halides is 3. The van der Waals surface area contributed by atoms with Gasteiger partial charge in [0.1, 0.15) is 11.3 Å². The fraction of sp³-hybridized carbons (Fsp3) is 0.333. The van der Waals surface area contributed by atoms with Crippen molar-refractivity contribution in [1.29, 1.82) is 0 Å². The van der Waals surface area contributed by atoms with Crippen molar-refractivity contribution in [1.82, 2.24) is 4.98 Å². The molecular weight excluding hydrogens is 227 g/mol. The lowest BCUT2D eigenvalue weighted by Crippen LogP contribution is -2.15. The van der Waals surface area contributed by atoms with Gasteiger partial charge in [-0.25, -0.2) is 4.79 Å². The van der Waals surface area contributed by atoms with Gasteiger partial charge in [-0.2, -0.15) is 13.2 Å². The molecule has 0 bridgehead atoms. The van der Waals surface area contributed by atoms with Crippen LogP contribution in [-0.2, 0) is 11.0 Å². The van der Waals surface area contributed by atoms with E-state index in [1.807, 2.05) is 0 Å². The maximum absolute atomic E-state index is 12.6. The van der Waals surface area contributed by atoms with Crippen LogP contribution in [0.3, 0.4) is 0 Å². The first-order valence-corrected chi connectivity index (χ1v) is 4.19. The Morgan fingerprint density at radius 1 is 1.56 bits per heavy atom. The molecule has 0 saturated heterocycles. The minimum atomic E-state index is -4.62. The van der Waals surface area contributed by atoms with Crippen molar-refractivity contribution in [2.24, 2.45) is 0 Å². The quantitative estimate of drug-likeness (QED) is 0.868. The van der Waals surface area contributed by atoms with Gasteiger partial charge in [-0.05, 0) is 13.0 Å². The zero-order chi connectivity index (χ0) is 12.3. The third-order valence-electron chi connectivity index (χ3n) is 1.74. The van der Waals surface area contributed by atoms with E-state index < -0.39 is 30.1 Å². The van der Waals surface area contributed by atoms with E-state index in [2.05, 4.69) is 9.72 Å². The number of aryl methyl sites for hydroxylation is 1. The summed E-state index contributed by atoms with van der Waals surface area (Å²) in [6.07, 6.45) is -3.49. The Balaban J connectivity index is 3.08. The van der Waals surface area contributed by atoms with E-state index in [9.17, 15) is 18.0 Å². The molecule has 0 aliphatic rings. The molecule has 1 aromatic rings. The molecule has 1 aromatic heterocycles. The summed E-state index contributed by atoms with van der Waals surface area (Å²) in [4.78, 5) is 13.7. The maximum atomic E-state index is 12.6. The Morgan fingerprint density at radius 3 is 2.69 bits per heavy atom. The highest BCUT2D eigenvalue weighted by Crippen LogP contribution is 2.37. The van der Waals surface area contributed by atoms with Crippen LogP contribution in [0.15, 0.2) is 12.3 Å². The number of carbonyl (C=O) groups is 1. The topological polar surface area (TPSA) is 59.4 Å². The van der Waals surface area contributed by atoms with Gasteiger partial charge < -0.3 is 9.84 Å². The first-order chi connectivity index (χ1) is 7.32. The normalized spacial score (nSPS) is 11.2. The van der Waals surface area contributed by atoms with Gasteiger partial charge in [0.05, 0.1) is 5.69 Å². The zero-order valence-corrected chi connectivity index (χ0v) is 8.21. The van der Waals surface area contributed by atoms with E-state index >= 15 is 0 Å². The number of halogens is 3. The highest BCUT2D eigenvalue weighted by molar-refractivity contribution is 5.68. The molecule has 0 spiro atoms. The molecule has 0 saturated carbocycles. The highest BCUT2D eigenvalue weighted by Gasteiger charge is 2.37. The number of aliphatic carboxylic acids is 1. The number of carboxylic acids is 1. The lowest BCUT2D eigenvalue weighted by Gasteiger charge is -2.14. The first kappa shape index (κ1) is 12.3. The van der Waals surface area contributed by atoms with Crippen molar-refractivity contribution in [3.05, 3.63) is 23.5 Å². The second-order valence-electron chi connectivity index (χ2n) is 2.95. The summed E-state index contributed by atoms with van der Waals surface area (Å²) < 4.78 is 42.2. The fourth-order valence-electron chi connectivity index (χ4n) is 1.15. The van der Waals surface area contributed by atoms with Crippen LogP contribution in [0.2, 0.25) is 0 Å². The number of aromatic nitrogens is 1. The lowest BCUT2D eigenvalue weighted by molar-refractivity contribution is -0.143. The molecule has 0 amide bonds. The number of rotatable bonds is 3. The number of pyridine rings is 1. The molecule has 0 radical (unpaired) electrons. The van der Waals surface area contributed by atoms with Crippen molar-refractivity contribution in [2.75, 3.05) is 6.61 Å². The van der Waals surface area contributed by atoms with Crippen LogP contribution in [0.25, 0.3) is 0 Å². The fourth-order valence-corrected chi connectivity index (χ4v) is 1.15. The Kier molecular flexibility index (Phi) is 3.36. The van der Waals surface area contributed by atoms with E-state index in [-0.39, 0.29) is 5.69 Å². The molecule has 0 atom stereocenters. The summed E-state index contributed by atoms with van der Waals surface area (Å²) in [6, 6.07) is 0.985. The molecule has 88 valence electrons. The van der Waals surface area contributed by atoms with Crippen LogP contribution in [0.5, 0.6) is 5.75 Å². The summed E-state index contributed by atoms with van der Waals surface area (Å²) in [5.74, 6) is -1.87. The average Bonchev–Trinajstić information content (AvgIpc) is 2.12. The molecule has 16 heavy (non-hydrogen) atoms. The molecule has 1 rings (SSSR count). The second-order valence-corrected chi connectivity index (χ2v) is 2.95. The van der Waals surface area contributed by atoms with Crippen LogP contribution in [0.4, 0.5) is 13.2 Å². The van der Waals surface area contributed by atoms with Gasteiger partial charge in [0.25, 0.3) is 0 Å². The third-order valence-corrected chi connectivity index (χ3v) is 1.74. The van der Waals surface area contributed by atoms with E-state index in [1.54, 1.807) is 0 Å². The zero-order valence-electron chi connectivity index (χ0n) is 8.21. The number of carboxylic acid groups (broad SMARTS) is 1. The van der Waals surface area contributed by atoms with Gasteiger partial charge in [0, 0.05) is 6.20 Å². The monoisotopic (exact) mass is 235 g/mol. The minimum absolute atomic E-state index is 0.254. The van der Waals surface area contributed by atoms with E-state index in [1.165, 1.54) is 6.92 Å². The summed E-state index contributed by atoms with van der Waals surface area (Å²) in [5.41, 5.74) is -1.30. The van der Waals surface area contributed by atoms with Gasteiger partial charge in [-0.1, -0.05) is 0 Å². The molecule has 0 aliphatic carbocycles. The van der Waals surface area contributed by atoms with E-state index in [0.717, 1.165) is 12.3 Å². The SMILES string of the molecule is Cc1nccc(OCC(=O)O)c1C(F)(F)F. The summed E-state index contributed by atoms with van der Waals surface area (Å²) in [6.45, 7) is 0.350. The number of nitrogens with zero attached hydrogens (tertiary/aromatic N) is 1. The van der Waals surface area contributed by atoms with Crippen LogP contribution in [0, 0.1) is 6.92 Å². The molecule has 0 aromatic carbocycles. The van der Waals surface area contributed by atoms with Gasteiger partial charge in [-0.3, -0.25) is 4.98 Å². The molecule has 7 heteroatoms. The highest BCUT2D eigenvalue weighted by atomic mass is 19.4. The molecular formula is C9H8F3NO3. The second kappa shape index (κ2) is 4.38. The first-order valence-electron chi connectivity index (χ1n) is 4.19. The molecule has 0 aliphatic heterocycles. The summed E-state index contributed by atoms with van der Waals surface area (Å²) in [5, 5.41) is 8.32. The number of hydrogen-bond donors (Lipinski definition) is 1. The van der Waals surface area contributed by atoms with Crippen LogP contribution < -0.4 is 4.74 Å². The summed E-state index contributed by atoms with van der Waals surface area (Å²) in [7, 11) is 0. The van der Waals surface area contributed by atoms with Gasteiger partial charge in [0.15, 0.2) is 6.61 Å². The van der Waals surface area contributed by atoms with Gasteiger partial charge in [-0.15, -0.1) is 0 Å². The summed E-state index contributed by atoms with van der Waals surface area (Å²) >= 11 is 0. The Morgan fingerprint density at radius 2 is 2.19 bits per heavy atom. The van der Waals surface area contributed by atoms with E-state index in [0.29, 0.717) is 0 Å². The number of ether oxygens (including phenoxy) is 1. The minimum Gasteiger partial charge on any atom is -0.481 e. The standard InChI is InChI=1S/C9H8F3NO3/c1-5-8(9(10,11)12)6(2-3-13-5)16-4-7(14)15/h2-3H,4H2,1H3,(H,14,15). The number of hydrogen-bond acceptors (Lipinski definition) is 3. The molecule has 1 N–H and O–H groups in total. The third kappa shape index (κ3) is 2.85. The van der Waals surface area contributed by atoms with Gasteiger partial charge in [0.2, 0.25) is 0 Å². The van der Waals surface area contributed by atoms with Crippen molar-refractivity contribution < 1.29 is 27.8 Å². The Labute approximate surface area is 88.7 Å². The van der Waals surface area contributed by atoms with Crippen molar-refractivity contribution >= 4 is 5.97 Å². The Bertz CT molecular complexity index is 403. The largest absolute Gasteiger partial charge is 0.481 e. The van der Waals surface area contributed by atoms with Crippen LogP contribution >= 0.6 is 0 Å². The predicted octanol–water partition coefficient (Wildman–Crippen LogP) is 1.87. The van der Waals surface area contributed by atoms with E-state index in [4.69, 9.17) is 5.11 Å². The van der Waals surface area contributed by atoms with Crippen molar-refractivity contribution in [2.45, 2.75) is 13.1 Å². The maximum Gasteiger partial charge on any atom is 0.421 e. The smallest absolute Gasteiger partial charge is 0.421 e. The average molecular weight is 235 g/mol.